The van der Waals surface area contributed by atoms with Crippen LogP contribution in [0.5, 0.6) is 0 Å². The Balaban J connectivity index is 2.54. The van der Waals surface area contributed by atoms with Crippen LogP contribution in [-0.4, -0.2) is 36.0 Å². The number of carbonyl (C=O) groups is 1. The van der Waals surface area contributed by atoms with Crippen LogP contribution in [0.4, 0.5) is 0 Å². The molecule has 0 bridgehead atoms. The zero-order valence-electron chi connectivity index (χ0n) is 20.4. The topological polar surface area (TPSA) is 66.8 Å². The first-order valence-electron chi connectivity index (χ1n) is 12.5. The van der Waals surface area contributed by atoms with Gasteiger partial charge < -0.3 is 14.9 Å². The second-order valence-electron chi connectivity index (χ2n) is 9.95. The number of benzene rings is 1. The fraction of sp³-hybridized carbons (Fsp3) is 0.679. The third-order valence-corrected chi connectivity index (χ3v) is 7.37. The van der Waals surface area contributed by atoms with Crippen LogP contribution in [0.2, 0.25) is 0 Å². The molecule has 4 heteroatoms. The van der Waals surface area contributed by atoms with Crippen LogP contribution in [0, 0.1) is 17.3 Å². The molecule has 0 amide bonds. The second kappa shape index (κ2) is 13.2. The van der Waals surface area contributed by atoms with Crippen molar-refractivity contribution in [2.45, 2.75) is 84.0 Å². The number of hydrogen-bond donors (Lipinski definition) is 2. The Morgan fingerprint density at radius 2 is 1.81 bits per heavy atom. The molecule has 2 N–H and O–H groups in total. The van der Waals surface area contributed by atoms with E-state index < -0.39 is 10.8 Å². The zero-order chi connectivity index (χ0) is 23.5. The van der Waals surface area contributed by atoms with Crippen LogP contribution in [0.1, 0.15) is 84.1 Å². The van der Waals surface area contributed by atoms with Crippen molar-refractivity contribution in [3.63, 3.8) is 0 Å². The van der Waals surface area contributed by atoms with E-state index >= 15 is 0 Å². The van der Waals surface area contributed by atoms with E-state index in [1.165, 1.54) is 12.8 Å². The molecule has 1 aromatic carbocycles. The van der Waals surface area contributed by atoms with Crippen LogP contribution >= 0.6 is 0 Å². The standard InChI is InChI=1S/C28H44O4/c1-4-6-13-19-28(24-16-9-8-10-17-24,26(31)32-22-27(3,20-29)21-30)25(18-7-5-2)23-14-11-12-15-23/h5,7-10,16-17,23,25,29-30H,4,6,11-15,18-22H2,1-3H3/b7-5+. The summed E-state index contributed by atoms with van der Waals surface area (Å²) in [5, 5.41) is 19.5. The molecule has 0 aliphatic heterocycles. The van der Waals surface area contributed by atoms with Gasteiger partial charge in [-0.3, -0.25) is 4.79 Å². The molecule has 32 heavy (non-hydrogen) atoms. The van der Waals surface area contributed by atoms with Gasteiger partial charge in [-0.25, -0.2) is 0 Å². The highest BCUT2D eigenvalue weighted by molar-refractivity contribution is 5.84. The largest absolute Gasteiger partial charge is 0.464 e. The predicted octanol–water partition coefficient (Wildman–Crippen LogP) is 5.81. The van der Waals surface area contributed by atoms with Gasteiger partial charge in [0.25, 0.3) is 0 Å². The maximum Gasteiger partial charge on any atom is 0.316 e. The minimum atomic E-state index is -0.840. The molecular formula is C28H44O4. The summed E-state index contributed by atoms with van der Waals surface area (Å²) in [4.78, 5) is 14.1. The van der Waals surface area contributed by atoms with E-state index in [1.807, 2.05) is 25.1 Å². The number of aliphatic hydroxyl groups is 2. The Morgan fingerprint density at radius 1 is 1.16 bits per heavy atom. The summed E-state index contributed by atoms with van der Waals surface area (Å²) in [6, 6.07) is 10.2. The first kappa shape index (κ1) is 26.6. The maximum atomic E-state index is 14.1. The van der Waals surface area contributed by atoms with Crippen molar-refractivity contribution in [2.24, 2.45) is 17.3 Å². The molecule has 0 aromatic heterocycles. The van der Waals surface area contributed by atoms with E-state index in [0.717, 1.165) is 50.5 Å². The maximum absolute atomic E-state index is 14.1. The van der Waals surface area contributed by atoms with Gasteiger partial charge in [-0.15, -0.1) is 0 Å². The molecule has 0 radical (unpaired) electrons. The van der Waals surface area contributed by atoms with E-state index in [1.54, 1.807) is 6.92 Å². The number of ether oxygens (including phenoxy) is 1. The summed E-state index contributed by atoms with van der Waals surface area (Å²) in [5.41, 5.74) is -0.526. The van der Waals surface area contributed by atoms with E-state index in [9.17, 15) is 15.0 Å². The molecular weight excluding hydrogens is 400 g/mol. The number of unbranched alkanes of at least 4 members (excludes halogenated alkanes) is 2. The Morgan fingerprint density at radius 3 is 2.38 bits per heavy atom. The lowest BCUT2D eigenvalue weighted by Gasteiger charge is -2.43. The van der Waals surface area contributed by atoms with Crippen molar-refractivity contribution in [3.05, 3.63) is 48.0 Å². The molecule has 1 aliphatic rings. The Bertz CT molecular complexity index is 689. The molecule has 4 nitrogen and oxygen atoms in total. The van der Waals surface area contributed by atoms with E-state index in [-0.39, 0.29) is 31.7 Å². The number of esters is 1. The van der Waals surface area contributed by atoms with Crippen LogP contribution < -0.4 is 0 Å². The molecule has 0 heterocycles. The Hall–Kier alpha value is -1.65. The summed E-state index contributed by atoms with van der Waals surface area (Å²) < 4.78 is 5.98. The molecule has 2 atom stereocenters. The lowest BCUT2D eigenvalue weighted by atomic mass is 9.61. The quantitative estimate of drug-likeness (QED) is 0.216. The molecule has 0 spiro atoms. The van der Waals surface area contributed by atoms with Crippen molar-refractivity contribution >= 4 is 5.97 Å². The Kier molecular flexibility index (Phi) is 10.9. The van der Waals surface area contributed by atoms with Gasteiger partial charge in [-0.2, -0.15) is 0 Å². The SMILES string of the molecule is C/C=C/CC(C1CCCC1)C(CCCCC)(C(=O)OCC(C)(CO)CO)c1ccccc1. The summed E-state index contributed by atoms with van der Waals surface area (Å²) in [6.45, 7) is 5.53. The van der Waals surface area contributed by atoms with Gasteiger partial charge in [0.2, 0.25) is 0 Å². The van der Waals surface area contributed by atoms with Gasteiger partial charge >= 0.3 is 5.97 Å². The van der Waals surface area contributed by atoms with Gasteiger partial charge in [0.05, 0.1) is 18.6 Å². The molecule has 1 fully saturated rings. The lowest BCUT2D eigenvalue weighted by molar-refractivity contribution is -0.160. The third kappa shape index (κ3) is 6.45. The summed E-state index contributed by atoms with van der Waals surface area (Å²) >= 11 is 0. The highest BCUT2D eigenvalue weighted by Gasteiger charge is 2.50. The minimum absolute atomic E-state index is 0.0161. The van der Waals surface area contributed by atoms with E-state index in [4.69, 9.17) is 4.74 Å². The summed E-state index contributed by atoms with van der Waals surface area (Å²) in [6.07, 6.45) is 13.8. The first-order chi connectivity index (χ1) is 15.5. The van der Waals surface area contributed by atoms with Crippen LogP contribution in [0.25, 0.3) is 0 Å². The third-order valence-electron chi connectivity index (χ3n) is 7.37. The van der Waals surface area contributed by atoms with Crippen molar-refractivity contribution in [1.29, 1.82) is 0 Å². The normalized spacial score (nSPS) is 18.0. The minimum Gasteiger partial charge on any atom is -0.464 e. The molecule has 2 unspecified atom stereocenters. The van der Waals surface area contributed by atoms with Gasteiger partial charge in [0.1, 0.15) is 6.61 Å². The fourth-order valence-electron chi connectivity index (χ4n) is 5.25. The number of aliphatic hydroxyl groups excluding tert-OH is 2. The van der Waals surface area contributed by atoms with Crippen LogP contribution in [-0.2, 0) is 14.9 Å². The number of rotatable bonds is 14. The van der Waals surface area contributed by atoms with Crippen LogP contribution in [0.15, 0.2) is 42.5 Å². The first-order valence-corrected chi connectivity index (χ1v) is 12.5. The highest BCUT2D eigenvalue weighted by atomic mass is 16.5. The molecule has 1 aliphatic carbocycles. The lowest BCUT2D eigenvalue weighted by Crippen LogP contribution is -2.48. The van der Waals surface area contributed by atoms with E-state index in [2.05, 4.69) is 31.2 Å². The van der Waals surface area contributed by atoms with Crippen molar-refractivity contribution in [2.75, 3.05) is 19.8 Å². The average molecular weight is 445 g/mol. The van der Waals surface area contributed by atoms with Crippen molar-refractivity contribution < 1.29 is 19.7 Å². The number of carbonyl (C=O) groups excluding carboxylic acids is 1. The zero-order valence-corrected chi connectivity index (χ0v) is 20.4. The Labute approximate surface area is 195 Å². The van der Waals surface area contributed by atoms with Gasteiger partial charge in [-0.1, -0.05) is 101 Å². The van der Waals surface area contributed by atoms with Gasteiger partial charge in [-0.05, 0) is 37.2 Å². The van der Waals surface area contributed by atoms with Crippen molar-refractivity contribution in [3.8, 4) is 0 Å². The van der Waals surface area contributed by atoms with Crippen LogP contribution in [0.3, 0.4) is 0 Å². The summed E-state index contributed by atoms with van der Waals surface area (Å²) in [7, 11) is 0. The van der Waals surface area contributed by atoms with E-state index in [0.29, 0.717) is 5.92 Å². The van der Waals surface area contributed by atoms with Gasteiger partial charge in [0.15, 0.2) is 0 Å². The fourth-order valence-corrected chi connectivity index (χ4v) is 5.25. The highest BCUT2D eigenvalue weighted by Crippen LogP contribution is 2.49. The molecule has 0 saturated heterocycles. The molecule has 1 saturated carbocycles. The average Bonchev–Trinajstić information content (AvgIpc) is 3.36. The van der Waals surface area contributed by atoms with Crippen molar-refractivity contribution in [1.82, 2.24) is 0 Å². The monoisotopic (exact) mass is 444 g/mol. The summed E-state index contributed by atoms with van der Waals surface area (Å²) in [5.74, 6) is 0.458. The number of hydrogen-bond acceptors (Lipinski definition) is 4. The van der Waals surface area contributed by atoms with Gasteiger partial charge in [0, 0.05) is 5.41 Å². The smallest absolute Gasteiger partial charge is 0.316 e. The molecule has 180 valence electrons. The second-order valence-corrected chi connectivity index (χ2v) is 9.95. The molecule has 2 rings (SSSR count). The number of allylic oxidation sites excluding steroid dienone is 2. The molecule has 1 aromatic rings. The predicted molar refractivity (Wildman–Crippen MR) is 130 cm³/mol.